The molecule has 2 atom stereocenters. The predicted octanol–water partition coefficient (Wildman–Crippen LogP) is 1.26. The number of hydrogen-bond acceptors (Lipinski definition) is 4. The molecular formula is C16H22N2O4S. The summed E-state index contributed by atoms with van der Waals surface area (Å²) >= 11 is 0. The second-order valence-electron chi connectivity index (χ2n) is 6.38. The summed E-state index contributed by atoms with van der Waals surface area (Å²) in [6.07, 6.45) is 1.84. The molecule has 0 aliphatic carbocycles. The Morgan fingerprint density at radius 1 is 1.26 bits per heavy atom. The summed E-state index contributed by atoms with van der Waals surface area (Å²) in [6, 6.07) is 5.24. The first-order valence-corrected chi connectivity index (χ1v) is 9.65. The maximum Gasteiger partial charge on any atom is 0.254 e. The summed E-state index contributed by atoms with van der Waals surface area (Å²) in [5.41, 5.74) is 2.21. The van der Waals surface area contributed by atoms with E-state index in [1.165, 1.54) is 10.6 Å². The average Bonchev–Trinajstić information content (AvgIpc) is 2.81. The van der Waals surface area contributed by atoms with E-state index in [1.54, 1.807) is 12.1 Å². The second-order valence-corrected chi connectivity index (χ2v) is 8.24. The van der Waals surface area contributed by atoms with E-state index in [4.69, 9.17) is 4.74 Å². The van der Waals surface area contributed by atoms with Crippen LogP contribution in [-0.2, 0) is 21.2 Å². The summed E-state index contributed by atoms with van der Waals surface area (Å²) in [6.45, 7) is 5.54. The van der Waals surface area contributed by atoms with Gasteiger partial charge >= 0.3 is 0 Å². The fraction of sp³-hybridized carbons (Fsp3) is 0.562. The molecule has 1 amide bonds. The Labute approximate surface area is 137 Å². The first-order chi connectivity index (χ1) is 10.8. The van der Waals surface area contributed by atoms with Crippen molar-refractivity contribution in [2.24, 2.45) is 0 Å². The number of hydrogen-bond donors (Lipinski definition) is 0. The SMILES string of the molecule is C[C@@H]1Cc2cc(C(=O)N3CCOC[C@@H]3C)ccc2N1S(C)(=O)=O. The van der Waals surface area contributed by atoms with E-state index in [0.29, 0.717) is 37.4 Å². The molecule has 1 aromatic rings. The molecule has 126 valence electrons. The van der Waals surface area contributed by atoms with E-state index in [2.05, 4.69) is 0 Å². The van der Waals surface area contributed by atoms with Gasteiger partial charge in [-0.3, -0.25) is 9.10 Å². The molecule has 3 rings (SSSR count). The minimum atomic E-state index is -3.31. The van der Waals surface area contributed by atoms with Crippen molar-refractivity contribution in [2.45, 2.75) is 32.4 Å². The molecule has 0 spiro atoms. The molecule has 1 fully saturated rings. The molecule has 1 aromatic carbocycles. The molecule has 23 heavy (non-hydrogen) atoms. The highest BCUT2D eigenvalue weighted by atomic mass is 32.2. The number of sulfonamides is 1. The Balaban J connectivity index is 1.91. The normalized spacial score (nSPS) is 24.7. The Morgan fingerprint density at radius 2 is 2.00 bits per heavy atom. The van der Waals surface area contributed by atoms with Crippen molar-refractivity contribution < 1.29 is 17.9 Å². The summed E-state index contributed by atoms with van der Waals surface area (Å²) in [7, 11) is -3.31. The van der Waals surface area contributed by atoms with Gasteiger partial charge in [-0.1, -0.05) is 0 Å². The van der Waals surface area contributed by atoms with Crippen LogP contribution in [0.25, 0.3) is 0 Å². The van der Waals surface area contributed by atoms with Crippen molar-refractivity contribution in [1.82, 2.24) is 4.90 Å². The van der Waals surface area contributed by atoms with Gasteiger partial charge in [0, 0.05) is 18.2 Å². The summed E-state index contributed by atoms with van der Waals surface area (Å²) in [4.78, 5) is 14.5. The molecule has 0 N–H and O–H groups in total. The Morgan fingerprint density at radius 3 is 2.65 bits per heavy atom. The molecule has 6 nitrogen and oxygen atoms in total. The van der Waals surface area contributed by atoms with Crippen molar-refractivity contribution in [3.05, 3.63) is 29.3 Å². The van der Waals surface area contributed by atoms with Crippen molar-refractivity contribution in [2.75, 3.05) is 30.3 Å². The number of anilines is 1. The van der Waals surface area contributed by atoms with Crippen LogP contribution in [0.2, 0.25) is 0 Å². The van der Waals surface area contributed by atoms with E-state index in [-0.39, 0.29) is 18.0 Å². The van der Waals surface area contributed by atoms with Crippen LogP contribution in [0.1, 0.15) is 29.8 Å². The predicted molar refractivity (Wildman–Crippen MR) is 88.2 cm³/mol. The quantitative estimate of drug-likeness (QED) is 0.814. The maximum atomic E-state index is 12.7. The van der Waals surface area contributed by atoms with Gasteiger partial charge in [-0.2, -0.15) is 0 Å². The number of rotatable bonds is 2. The third-order valence-electron chi connectivity index (χ3n) is 4.47. The number of benzene rings is 1. The topological polar surface area (TPSA) is 66.9 Å². The second kappa shape index (κ2) is 5.79. The molecule has 2 heterocycles. The summed E-state index contributed by atoms with van der Waals surface area (Å²) in [5, 5.41) is 0. The van der Waals surface area contributed by atoms with E-state index in [0.717, 1.165) is 5.56 Å². The molecule has 0 unspecified atom stereocenters. The molecular weight excluding hydrogens is 316 g/mol. The third kappa shape index (κ3) is 2.95. The van der Waals surface area contributed by atoms with Crippen molar-refractivity contribution >= 4 is 21.6 Å². The van der Waals surface area contributed by atoms with Gasteiger partial charge in [0.1, 0.15) is 0 Å². The molecule has 0 radical (unpaired) electrons. The fourth-order valence-corrected chi connectivity index (χ4v) is 4.70. The Hall–Kier alpha value is -1.60. The molecule has 2 aliphatic rings. The van der Waals surface area contributed by atoms with Crippen LogP contribution in [0.15, 0.2) is 18.2 Å². The molecule has 2 aliphatic heterocycles. The first-order valence-electron chi connectivity index (χ1n) is 7.80. The van der Waals surface area contributed by atoms with Crippen LogP contribution >= 0.6 is 0 Å². The van der Waals surface area contributed by atoms with Gasteiger partial charge in [-0.15, -0.1) is 0 Å². The minimum absolute atomic E-state index is 0.0194. The van der Waals surface area contributed by atoms with Crippen LogP contribution in [-0.4, -0.2) is 57.3 Å². The number of fused-ring (bicyclic) bond motifs is 1. The lowest BCUT2D eigenvalue weighted by Crippen LogP contribution is -2.47. The highest BCUT2D eigenvalue weighted by Crippen LogP contribution is 2.35. The molecule has 1 saturated heterocycles. The van der Waals surface area contributed by atoms with Gasteiger partial charge in [-0.05, 0) is 44.0 Å². The van der Waals surface area contributed by atoms with Crippen LogP contribution in [0.3, 0.4) is 0 Å². The van der Waals surface area contributed by atoms with Gasteiger partial charge in [0.25, 0.3) is 5.91 Å². The zero-order valence-corrected chi connectivity index (χ0v) is 14.5. The smallest absolute Gasteiger partial charge is 0.254 e. The van der Waals surface area contributed by atoms with E-state index in [1.807, 2.05) is 24.8 Å². The number of carbonyl (C=O) groups is 1. The zero-order valence-electron chi connectivity index (χ0n) is 13.7. The van der Waals surface area contributed by atoms with Crippen LogP contribution in [0, 0.1) is 0 Å². The van der Waals surface area contributed by atoms with Gasteiger partial charge in [0.2, 0.25) is 10.0 Å². The molecule has 7 heteroatoms. The monoisotopic (exact) mass is 338 g/mol. The number of amides is 1. The number of morpholine rings is 1. The fourth-order valence-electron chi connectivity index (χ4n) is 3.44. The third-order valence-corrected chi connectivity index (χ3v) is 5.74. The lowest BCUT2D eigenvalue weighted by molar-refractivity contribution is 0.00359. The summed E-state index contributed by atoms with van der Waals surface area (Å²) in [5.74, 6) is -0.0194. The summed E-state index contributed by atoms with van der Waals surface area (Å²) < 4.78 is 30.7. The van der Waals surface area contributed by atoms with Gasteiger partial charge < -0.3 is 9.64 Å². The van der Waals surface area contributed by atoms with E-state index in [9.17, 15) is 13.2 Å². The molecule has 0 bridgehead atoms. The number of nitrogens with zero attached hydrogens (tertiary/aromatic N) is 2. The van der Waals surface area contributed by atoms with Crippen molar-refractivity contribution in [3.63, 3.8) is 0 Å². The number of carbonyl (C=O) groups excluding carboxylic acids is 1. The highest BCUT2D eigenvalue weighted by molar-refractivity contribution is 7.92. The standard InChI is InChI=1S/C16H22N2O4S/c1-11-8-14-9-13(4-5-15(14)18(11)23(3,20)21)16(19)17-6-7-22-10-12(17)2/h4-5,9,11-12H,6-8,10H2,1-3H3/t11-,12+/m1/s1. The first kappa shape index (κ1) is 16.3. The Kier molecular flexibility index (Phi) is 4.10. The van der Waals surface area contributed by atoms with Crippen LogP contribution in [0.5, 0.6) is 0 Å². The van der Waals surface area contributed by atoms with Gasteiger partial charge in [0.05, 0.1) is 31.2 Å². The molecule has 0 aromatic heterocycles. The van der Waals surface area contributed by atoms with Gasteiger partial charge in [0.15, 0.2) is 0 Å². The Bertz CT molecular complexity index is 732. The van der Waals surface area contributed by atoms with E-state index < -0.39 is 10.0 Å². The average molecular weight is 338 g/mol. The molecule has 0 saturated carbocycles. The lowest BCUT2D eigenvalue weighted by atomic mass is 10.1. The van der Waals surface area contributed by atoms with Crippen molar-refractivity contribution in [1.29, 1.82) is 0 Å². The zero-order chi connectivity index (χ0) is 16.8. The van der Waals surface area contributed by atoms with Crippen LogP contribution < -0.4 is 4.31 Å². The number of ether oxygens (including phenoxy) is 1. The van der Waals surface area contributed by atoms with Gasteiger partial charge in [-0.25, -0.2) is 8.42 Å². The van der Waals surface area contributed by atoms with Crippen molar-refractivity contribution in [3.8, 4) is 0 Å². The van der Waals surface area contributed by atoms with E-state index >= 15 is 0 Å². The highest BCUT2D eigenvalue weighted by Gasteiger charge is 2.33. The lowest BCUT2D eigenvalue weighted by Gasteiger charge is -2.33. The van der Waals surface area contributed by atoms with Crippen LogP contribution in [0.4, 0.5) is 5.69 Å². The maximum absolute atomic E-state index is 12.7. The minimum Gasteiger partial charge on any atom is -0.377 e. The largest absolute Gasteiger partial charge is 0.377 e.